The number of benzene rings is 2. The highest BCUT2D eigenvalue weighted by Gasteiger charge is 2.25. The molecule has 1 heterocycles. The molecule has 4 rings (SSSR count). The summed E-state index contributed by atoms with van der Waals surface area (Å²) in [5.74, 6) is 0.421. The highest BCUT2D eigenvalue weighted by atomic mass is 35.5. The fraction of sp³-hybridized carbons (Fsp3) is 0.333. The maximum atomic E-state index is 12.4. The van der Waals surface area contributed by atoms with Gasteiger partial charge in [0.15, 0.2) is 0 Å². The fourth-order valence-electron chi connectivity index (χ4n) is 4.15. The van der Waals surface area contributed by atoms with Gasteiger partial charge in [0, 0.05) is 31.4 Å². The van der Waals surface area contributed by atoms with Gasteiger partial charge in [-0.25, -0.2) is 0 Å². The number of amides is 1. The molecule has 6 heteroatoms. The fourth-order valence-corrected chi connectivity index (χ4v) is 4.15. The number of rotatable bonds is 7. The largest absolute Gasteiger partial charge is 0.352 e. The van der Waals surface area contributed by atoms with Crippen molar-refractivity contribution in [2.45, 2.75) is 44.8 Å². The predicted octanol–water partition coefficient (Wildman–Crippen LogP) is 4.15. The van der Waals surface area contributed by atoms with E-state index in [1.54, 1.807) is 6.20 Å². The average molecular weight is 425 g/mol. The normalized spacial score (nSPS) is 18.0. The lowest BCUT2D eigenvalue weighted by Gasteiger charge is -2.16. The van der Waals surface area contributed by atoms with Gasteiger partial charge in [0.05, 0.1) is 6.54 Å². The second kappa shape index (κ2) is 10.4. The van der Waals surface area contributed by atoms with E-state index in [1.165, 1.54) is 5.56 Å². The third kappa shape index (κ3) is 5.49. The molecule has 30 heavy (non-hydrogen) atoms. The van der Waals surface area contributed by atoms with E-state index < -0.39 is 0 Å². The molecule has 5 nitrogen and oxygen atoms in total. The van der Waals surface area contributed by atoms with E-state index in [-0.39, 0.29) is 24.4 Å². The summed E-state index contributed by atoms with van der Waals surface area (Å²) >= 11 is 0. The van der Waals surface area contributed by atoms with Crippen molar-refractivity contribution in [3.63, 3.8) is 0 Å². The maximum Gasteiger partial charge on any atom is 0.220 e. The molecule has 0 saturated heterocycles. The first-order chi connectivity index (χ1) is 14.2. The van der Waals surface area contributed by atoms with Crippen LogP contribution in [0.2, 0.25) is 0 Å². The summed E-state index contributed by atoms with van der Waals surface area (Å²) < 4.78 is 1.91. The van der Waals surface area contributed by atoms with Crippen molar-refractivity contribution in [1.82, 2.24) is 15.1 Å². The van der Waals surface area contributed by atoms with Gasteiger partial charge in [0.25, 0.3) is 0 Å². The Hall–Kier alpha value is -2.63. The van der Waals surface area contributed by atoms with Gasteiger partial charge in [0.1, 0.15) is 0 Å². The molecule has 0 aliphatic heterocycles. The number of hydrogen-bond donors (Lipinski definition) is 2. The molecule has 0 bridgehead atoms. The molecule has 2 aromatic carbocycles. The molecule has 2 atom stereocenters. The molecular formula is C24H29ClN4O. The van der Waals surface area contributed by atoms with Crippen LogP contribution in [-0.4, -0.2) is 21.7 Å². The summed E-state index contributed by atoms with van der Waals surface area (Å²) in [5.41, 5.74) is 10.7. The summed E-state index contributed by atoms with van der Waals surface area (Å²) in [6.45, 7) is 1.29. The third-order valence-electron chi connectivity index (χ3n) is 5.83. The van der Waals surface area contributed by atoms with Gasteiger partial charge in [-0.05, 0) is 47.1 Å². The van der Waals surface area contributed by atoms with Crippen LogP contribution >= 0.6 is 12.4 Å². The summed E-state index contributed by atoms with van der Waals surface area (Å²) in [5, 5.41) is 7.35. The first kappa shape index (κ1) is 22.1. The number of halogens is 1. The zero-order valence-corrected chi connectivity index (χ0v) is 17.9. The minimum atomic E-state index is 0. The van der Waals surface area contributed by atoms with Gasteiger partial charge >= 0.3 is 0 Å². The van der Waals surface area contributed by atoms with Crippen LogP contribution in [-0.2, 0) is 17.9 Å². The second-order valence-electron chi connectivity index (χ2n) is 7.89. The molecule has 158 valence electrons. The van der Waals surface area contributed by atoms with E-state index in [0.717, 1.165) is 42.5 Å². The monoisotopic (exact) mass is 424 g/mol. The van der Waals surface area contributed by atoms with E-state index in [4.69, 9.17) is 5.73 Å². The van der Waals surface area contributed by atoms with Crippen molar-refractivity contribution in [2.24, 2.45) is 11.7 Å². The number of nitrogens with two attached hydrogens (primary N) is 1. The molecule has 1 saturated carbocycles. The third-order valence-corrected chi connectivity index (χ3v) is 5.83. The maximum absolute atomic E-state index is 12.4. The van der Waals surface area contributed by atoms with E-state index in [0.29, 0.717) is 18.9 Å². The van der Waals surface area contributed by atoms with E-state index >= 15 is 0 Å². The number of carbonyl (C=O) groups is 1. The molecule has 1 aromatic heterocycles. The van der Waals surface area contributed by atoms with Gasteiger partial charge in [-0.15, -0.1) is 12.4 Å². The molecular weight excluding hydrogens is 396 g/mol. The number of carbonyl (C=O) groups excluding carboxylic acids is 1. The van der Waals surface area contributed by atoms with Crippen LogP contribution in [0.15, 0.2) is 67.0 Å². The van der Waals surface area contributed by atoms with Crippen molar-refractivity contribution < 1.29 is 4.79 Å². The average Bonchev–Trinajstić information content (AvgIpc) is 3.39. The molecule has 1 aliphatic carbocycles. The predicted molar refractivity (Wildman–Crippen MR) is 122 cm³/mol. The molecule has 3 aromatic rings. The summed E-state index contributed by atoms with van der Waals surface area (Å²) in [6.07, 6.45) is 7.53. The van der Waals surface area contributed by atoms with Crippen LogP contribution in [0.5, 0.6) is 0 Å². The highest BCUT2D eigenvalue weighted by molar-refractivity contribution is 5.85. The molecule has 1 fully saturated rings. The topological polar surface area (TPSA) is 72.9 Å². The Labute approximate surface area is 184 Å². The standard InChI is InChI=1S/C24H28N4O.ClH/c25-23-8-3-6-20(23)15-24(29)26-16-21-5-1-2-7-22(21)19-11-9-18(10-12-19)17-28-14-4-13-27-28;/h1-2,4-5,7,9-14,20,23H,3,6,8,15-17,25H2,(H,26,29);1H/t20-,23+;/m0./s1. The second-order valence-corrected chi connectivity index (χ2v) is 7.89. The van der Waals surface area contributed by atoms with Crippen LogP contribution in [0.4, 0.5) is 0 Å². The summed E-state index contributed by atoms with van der Waals surface area (Å²) in [7, 11) is 0. The zero-order chi connectivity index (χ0) is 20.1. The Bertz CT molecular complexity index is 940. The van der Waals surface area contributed by atoms with Crippen LogP contribution in [0.3, 0.4) is 0 Å². The quantitative estimate of drug-likeness (QED) is 0.598. The highest BCUT2D eigenvalue weighted by Crippen LogP contribution is 2.27. The molecule has 0 radical (unpaired) electrons. The number of hydrogen-bond acceptors (Lipinski definition) is 3. The molecule has 1 amide bonds. The Morgan fingerprint density at radius 2 is 1.90 bits per heavy atom. The van der Waals surface area contributed by atoms with Crippen molar-refractivity contribution in [1.29, 1.82) is 0 Å². The Kier molecular flexibility index (Phi) is 7.66. The smallest absolute Gasteiger partial charge is 0.220 e. The number of nitrogens with zero attached hydrogens (tertiary/aromatic N) is 2. The van der Waals surface area contributed by atoms with Gasteiger partial charge in [-0.3, -0.25) is 9.48 Å². The van der Waals surface area contributed by atoms with E-state index in [1.807, 2.05) is 29.1 Å². The van der Waals surface area contributed by atoms with Crippen molar-refractivity contribution in [2.75, 3.05) is 0 Å². The van der Waals surface area contributed by atoms with E-state index in [2.05, 4.69) is 46.8 Å². The van der Waals surface area contributed by atoms with Gasteiger partial charge in [-0.2, -0.15) is 5.10 Å². The lowest BCUT2D eigenvalue weighted by molar-refractivity contribution is -0.122. The van der Waals surface area contributed by atoms with E-state index in [9.17, 15) is 4.79 Å². The zero-order valence-electron chi connectivity index (χ0n) is 17.0. The first-order valence-electron chi connectivity index (χ1n) is 10.4. The van der Waals surface area contributed by atoms with Crippen molar-refractivity contribution >= 4 is 18.3 Å². The molecule has 3 N–H and O–H groups in total. The van der Waals surface area contributed by atoms with Crippen LogP contribution in [0.25, 0.3) is 11.1 Å². The summed E-state index contributed by atoms with van der Waals surface area (Å²) in [4.78, 5) is 12.4. The minimum Gasteiger partial charge on any atom is -0.352 e. The van der Waals surface area contributed by atoms with Crippen LogP contribution in [0, 0.1) is 5.92 Å². The van der Waals surface area contributed by atoms with Gasteiger partial charge in [-0.1, -0.05) is 55.0 Å². The van der Waals surface area contributed by atoms with Gasteiger partial charge < -0.3 is 11.1 Å². The van der Waals surface area contributed by atoms with Crippen LogP contribution < -0.4 is 11.1 Å². The minimum absolute atomic E-state index is 0. The lowest BCUT2D eigenvalue weighted by atomic mass is 9.98. The lowest BCUT2D eigenvalue weighted by Crippen LogP contribution is -2.31. The van der Waals surface area contributed by atoms with Crippen molar-refractivity contribution in [3.8, 4) is 11.1 Å². The Morgan fingerprint density at radius 1 is 1.10 bits per heavy atom. The molecule has 1 aliphatic rings. The Balaban J connectivity index is 0.00000256. The summed E-state index contributed by atoms with van der Waals surface area (Å²) in [6, 6.07) is 18.9. The van der Waals surface area contributed by atoms with Gasteiger partial charge in [0.2, 0.25) is 5.91 Å². The Morgan fingerprint density at radius 3 is 2.60 bits per heavy atom. The van der Waals surface area contributed by atoms with Crippen molar-refractivity contribution in [3.05, 3.63) is 78.1 Å². The molecule has 0 unspecified atom stereocenters. The number of nitrogens with one attached hydrogen (secondary N) is 1. The van der Waals surface area contributed by atoms with Crippen LogP contribution in [0.1, 0.15) is 36.8 Å². The number of aromatic nitrogens is 2. The molecule has 0 spiro atoms. The first-order valence-corrected chi connectivity index (χ1v) is 10.4. The SMILES string of the molecule is Cl.N[C@@H]1CCC[C@H]1CC(=O)NCc1ccccc1-c1ccc(Cn2cccn2)cc1.